The number of ether oxygens (including phenoxy) is 2. The molecular formula is C10H11N3O2S. The summed E-state index contributed by atoms with van der Waals surface area (Å²) in [5.74, 6) is 1.42. The normalized spacial score (nSPS) is 10.1. The van der Waals surface area contributed by atoms with Crippen molar-refractivity contribution >= 4 is 16.5 Å². The largest absolute Gasteiger partial charge is 0.497 e. The topological polar surface area (TPSA) is 70.3 Å². The maximum atomic E-state index is 5.54. The Balaban J connectivity index is 2.47. The number of rotatable bonds is 3. The van der Waals surface area contributed by atoms with E-state index in [0.717, 1.165) is 10.6 Å². The number of nitrogens with two attached hydrogens (primary N) is 1. The molecular weight excluding hydrogens is 226 g/mol. The van der Waals surface area contributed by atoms with Crippen molar-refractivity contribution in [3.05, 3.63) is 18.2 Å². The van der Waals surface area contributed by atoms with E-state index in [1.54, 1.807) is 20.3 Å². The summed E-state index contributed by atoms with van der Waals surface area (Å²) in [7, 11) is 3.21. The molecule has 0 aliphatic heterocycles. The zero-order valence-electron chi connectivity index (χ0n) is 8.93. The summed E-state index contributed by atoms with van der Waals surface area (Å²) in [5, 5.41) is 8.92. The molecule has 2 N–H and O–H groups in total. The fourth-order valence-corrected chi connectivity index (χ4v) is 1.88. The van der Waals surface area contributed by atoms with Gasteiger partial charge in [0.2, 0.25) is 5.13 Å². The second kappa shape index (κ2) is 4.36. The van der Waals surface area contributed by atoms with Crippen molar-refractivity contribution in [2.45, 2.75) is 0 Å². The van der Waals surface area contributed by atoms with Gasteiger partial charge in [-0.2, -0.15) is 0 Å². The fraction of sp³-hybridized carbons (Fsp3) is 0.200. The molecule has 16 heavy (non-hydrogen) atoms. The van der Waals surface area contributed by atoms with Crippen LogP contribution in [0.3, 0.4) is 0 Å². The molecule has 0 saturated carbocycles. The first-order valence-corrected chi connectivity index (χ1v) is 5.37. The van der Waals surface area contributed by atoms with Crippen LogP contribution in [0.1, 0.15) is 0 Å². The molecule has 0 radical (unpaired) electrons. The summed E-state index contributed by atoms with van der Waals surface area (Å²) >= 11 is 1.32. The van der Waals surface area contributed by atoms with Crippen LogP contribution in [0.2, 0.25) is 0 Å². The van der Waals surface area contributed by atoms with E-state index in [4.69, 9.17) is 15.2 Å². The van der Waals surface area contributed by atoms with E-state index in [9.17, 15) is 0 Å². The van der Waals surface area contributed by atoms with E-state index in [1.807, 2.05) is 12.1 Å². The van der Waals surface area contributed by atoms with E-state index in [-0.39, 0.29) is 0 Å². The van der Waals surface area contributed by atoms with E-state index in [0.29, 0.717) is 16.6 Å². The molecule has 0 fully saturated rings. The summed E-state index contributed by atoms with van der Waals surface area (Å²) < 4.78 is 10.3. The van der Waals surface area contributed by atoms with Gasteiger partial charge in [0, 0.05) is 11.6 Å². The lowest BCUT2D eigenvalue weighted by Gasteiger charge is -2.05. The Hall–Kier alpha value is -1.82. The number of nitrogen functional groups attached to an aromatic ring is 1. The van der Waals surface area contributed by atoms with Gasteiger partial charge in [0.25, 0.3) is 0 Å². The van der Waals surface area contributed by atoms with Crippen LogP contribution in [0, 0.1) is 0 Å². The fourth-order valence-electron chi connectivity index (χ4n) is 1.28. The van der Waals surface area contributed by atoms with Crippen molar-refractivity contribution in [3.63, 3.8) is 0 Å². The number of hydrogen-bond donors (Lipinski definition) is 1. The zero-order valence-corrected chi connectivity index (χ0v) is 9.75. The minimum Gasteiger partial charge on any atom is -0.497 e. The van der Waals surface area contributed by atoms with Crippen LogP contribution >= 0.6 is 11.3 Å². The maximum absolute atomic E-state index is 5.54. The molecule has 1 heterocycles. The minimum atomic E-state index is 0.441. The van der Waals surface area contributed by atoms with Gasteiger partial charge in [-0.05, 0) is 12.1 Å². The first kappa shape index (κ1) is 10.7. The van der Waals surface area contributed by atoms with Gasteiger partial charge < -0.3 is 15.2 Å². The average molecular weight is 237 g/mol. The molecule has 0 unspecified atom stereocenters. The predicted octanol–water partition coefficient (Wildman–Crippen LogP) is 1.80. The monoisotopic (exact) mass is 237 g/mol. The summed E-state index contributed by atoms with van der Waals surface area (Å²) in [6, 6.07) is 5.53. The van der Waals surface area contributed by atoms with Crippen molar-refractivity contribution in [2.75, 3.05) is 20.0 Å². The lowest BCUT2D eigenvalue weighted by atomic mass is 10.2. The van der Waals surface area contributed by atoms with Crippen molar-refractivity contribution in [3.8, 4) is 22.1 Å². The standard InChI is InChI=1S/C10H11N3O2S/c1-14-7-3-6(4-8(5-7)15-2)9-12-13-10(11)16-9/h3-5H,1-2H3,(H2,11,13). The van der Waals surface area contributed by atoms with Crippen molar-refractivity contribution in [1.29, 1.82) is 0 Å². The molecule has 0 bridgehead atoms. The first-order chi connectivity index (χ1) is 7.72. The summed E-state index contributed by atoms with van der Waals surface area (Å²) in [4.78, 5) is 0. The third kappa shape index (κ3) is 2.06. The molecule has 2 rings (SSSR count). The molecule has 0 saturated heterocycles. The van der Waals surface area contributed by atoms with E-state index in [1.165, 1.54) is 11.3 Å². The van der Waals surface area contributed by atoms with Crippen LogP contribution in [0.5, 0.6) is 11.5 Å². The van der Waals surface area contributed by atoms with Crippen LogP contribution in [-0.4, -0.2) is 24.4 Å². The second-order valence-electron chi connectivity index (χ2n) is 3.05. The van der Waals surface area contributed by atoms with Crippen molar-refractivity contribution < 1.29 is 9.47 Å². The maximum Gasteiger partial charge on any atom is 0.203 e. The van der Waals surface area contributed by atoms with Gasteiger partial charge in [-0.15, -0.1) is 10.2 Å². The number of hydrogen-bond acceptors (Lipinski definition) is 6. The van der Waals surface area contributed by atoms with Gasteiger partial charge >= 0.3 is 0 Å². The van der Waals surface area contributed by atoms with Crippen molar-refractivity contribution in [2.24, 2.45) is 0 Å². The van der Waals surface area contributed by atoms with Gasteiger partial charge in [0.05, 0.1) is 14.2 Å². The second-order valence-corrected chi connectivity index (χ2v) is 4.06. The van der Waals surface area contributed by atoms with Gasteiger partial charge in [0.1, 0.15) is 16.5 Å². The van der Waals surface area contributed by atoms with Crippen LogP contribution in [0.4, 0.5) is 5.13 Å². The molecule has 1 aromatic carbocycles. The molecule has 2 aromatic rings. The van der Waals surface area contributed by atoms with E-state index < -0.39 is 0 Å². The highest BCUT2D eigenvalue weighted by molar-refractivity contribution is 7.18. The van der Waals surface area contributed by atoms with Gasteiger partial charge in [-0.1, -0.05) is 11.3 Å². The lowest BCUT2D eigenvalue weighted by Crippen LogP contribution is -1.88. The molecule has 0 aliphatic carbocycles. The smallest absolute Gasteiger partial charge is 0.203 e. The summed E-state index contributed by atoms with van der Waals surface area (Å²) in [5.41, 5.74) is 6.42. The highest BCUT2D eigenvalue weighted by Crippen LogP contribution is 2.31. The summed E-state index contributed by atoms with van der Waals surface area (Å²) in [6.45, 7) is 0. The van der Waals surface area contributed by atoms with Crippen LogP contribution in [0.25, 0.3) is 10.6 Å². The number of aromatic nitrogens is 2. The molecule has 0 aliphatic rings. The molecule has 0 amide bonds. The molecule has 6 heteroatoms. The zero-order chi connectivity index (χ0) is 11.5. The minimum absolute atomic E-state index is 0.441. The third-order valence-electron chi connectivity index (χ3n) is 2.04. The Kier molecular flexibility index (Phi) is 2.91. The van der Waals surface area contributed by atoms with Crippen LogP contribution < -0.4 is 15.2 Å². The molecule has 5 nitrogen and oxygen atoms in total. The quantitative estimate of drug-likeness (QED) is 0.881. The van der Waals surface area contributed by atoms with E-state index >= 15 is 0 Å². The molecule has 1 aromatic heterocycles. The number of benzene rings is 1. The number of nitrogens with zero attached hydrogens (tertiary/aromatic N) is 2. The van der Waals surface area contributed by atoms with Gasteiger partial charge in [-0.25, -0.2) is 0 Å². The Morgan fingerprint density at radius 3 is 2.12 bits per heavy atom. The Morgan fingerprint density at radius 2 is 1.69 bits per heavy atom. The highest BCUT2D eigenvalue weighted by Gasteiger charge is 2.08. The Morgan fingerprint density at radius 1 is 1.06 bits per heavy atom. The molecule has 0 atom stereocenters. The Bertz CT molecular complexity index is 476. The highest BCUT2D eigenvalue weighted by atomic mass is 32.1. The number of anilines is 1. The van der Waals surface area contributed by atoms with Gasteiger partial charge in [-0.3, -0.25) is 0 Å². The van der Waals surface area contributed by atoms with Crippen molar-refractivity contribution in [1.82, 2.24) is 10.2 Å². The van der Waals surface area contributed by atoms with Crippen LogP contribution in [-0.2, 0) is 0 Å². The van der Waals surface area contributed by atoms with Gasteiger partial charge in [0.15, 0.2) is 0 Å². The van der Waals surface area contributed by atoms with Crippen LogP contribution in [0.15, 0.2) is 18.2 Å². The Labute approximate surface area is 96.8 Å². The van der Waals surface area contributed by atoms with E-state index in [2.05, 4.69) is 10.2 Å². The third-order valence-corrected chi connectivity index (χ3v) is 2.84. The lowest BCUT2D eigenvalue weighted by molar-refractivity contribution is 0.394. The predicted molar refractivity (Wildman–Crippen MR) is 62.9 cm³/mol. The molecule has 84 valence electrons. The molecule has 0 spiro atoms. The SMILES string of the molecule is COc1cc(OC)cc(-c2nnc(N)s2)c1. The average Bonchev–Trinajstić information content (AvgIpc) is 2.75. The summed E-state index contributed by atoms with van der Waals surface area (Å²) in [6.07, 6.45) is 0. The first-order valence-electron chi connectivity index (χ1n) is 4.55. The number of methoxy groups -OCH3 is 2.